The number of ether oxygens (including phenoxy) is 1. The minimum Gasteiger partial charge on any atom is -0.471 e. The lowest BCUT2D eigenvalue weighted by Crippen LogP contribution is -2.36. The van der Waals surface area contributed by atoms with Crippen LogP contribution in [0.1, 0.15) is 44.5 Å². The predicted molar refractivity (Wildman–Crippen MR) is 107 cm³/mol. The molecule has 2 aromatic heterocycles. The molecule has 2 N–H and O–H groups in total. The van der Waals surface area contributed by atoms with Crippen molar-refractivity contribution in [3.63, 3.8) is 0 Å². The van der Waals surface area contributed by atoms with E-state index in [4.69, 9.17) is 9.84 Å². The molecule has 12 heteroatoms. The maximum atomic E-state index is 13.1. The van der Waals surface area contributed by atoms with Crippen LogP contribution in [0.3, 0.4) is 0 Å². The summed E-state index contributed by atoms with van der Waals surface area (Å²) in [7, 11) is 0. The molecule has 2 aromatic rings. The third-order valence-electron chi connectivity index (χ3n) is 4.97. The third kappa shape index (κ3) is 5.38. The van der Waals surface area contributed by atoms with Crippen LogP contribution < -0.4 is 10.1 Å². The lowest BCUT2D eigenvalue weighted by atomic mass is 10.1. The van der Waals surface area contributed by atoms with Crippen LogP contribution in [0, 0.1) is 6.92 Å². The number of carbonyl (C=O) groups excluding carboxylic acids is 2. The van der Waals surface area contributed by atoms with E-state index in [2.05, 4.69) is 15.3 Å². The third-order valence-corrected chi connectivity index (χ3v) is 4.97. The first-order chi connectivity index (χ1) is 15.5. The fourth-order valence-electron chi connectivity index (χ4n) is 3.25. The van der Waals surface area contributed by atoms with E-state index in [0.29, 0.717) is 22.3 Å². The largest absolute Gasteiger partial charge is 0.471 e. The molecule has 178 valence electrons. The highest BCUT2D eigenvalue weighted by Gasteiger charge is 2.42. The van der Waals surface area contributed by atoms with Crippen molar-refractivity contribution in [1.82, 2.24) is 20.2 Å². The van der Waals surface area contributed by atoms with Crippen molar-refractivity contribution < 1.29 is 37.0 Å². The molecule has 0 aliphatic carbocycles. The van der Waals surface area contributed by atoms with Crippen molar-refractivity contribution in [2.75, 3.05) is 13.2 Å². The van der Waals surface area contributed by atoms with Gasteiger partial charge in [0.25, 0.3) is 11.8 Å². The monoisotopic (exact) mass is 470 g/mol. The number of alkyl halides is 4. The molecule has 0 aromatic carbocycles. The van der Waals surface area contributed by atoms with Gasteiger partial charge in [0.05, 0.1) is 6.61 Å². The van der Waals surface area contributed by atoms with Gasteiger partial charge in [0.15, 0.2) is 6.61 Å². The summed E-state index contributed by atoms with van der Waals surface area (Å²) in [6.45, 7) is 1.58. The van der Waals surface area contributed by atoms with Gasteiger partial charge < -0.3 is 20.1 Å². The number of hydrogen-bond acceptors (Lipinski definition) is 6. The van der Waals surface area contributed by atoms with E-state index in [-0.39, 0.29) is 37.2 Å². The predicted octanol–water partition coefficient (Wildman–Crippen LogP) is 2.33. The van der Waals surface area contributed by atoms with E-state index in [1.165, 1.54) is 30.3 Å². The molecule has 3 rings (SSSR count). The van der Waals surface area contributed by atoms with E-state index in [9.17, 15) is 27.2 Å². The molecule has 0 fully saturated rings. The Morgan fingerprint density at radius 1 is 1.36 bits per heavy atom. The lowest BCUT2D eigenvalue weighted by molar-refractivity contribution is -0.148. The molecule has 0 saturated carbocycles. The number of fused-ring (bicyclic) bond motifs is 1. The van der Waals surface area contributed by atoms with Gasteiger partial charge in [-0.25, -0.2) is 13.8 Å². The summed E-state index contributed by atoms with van der Waals surface area (Å²) in [6, 6.07) is 2.57. The Hall–Kier alpha value is -3.28. The van der Waals surface area contributed by atoms with Gasteiger partial charge in [0.1, 0.15) is 5.69 Å². The Bertz CT molecular complexity index is 1050. The van der Waals surface area contributed by atoms with Gasteiger partial charge in [-0.3, -0.25) is 14.6 Å². The first kappa shape index (κ1) is 24.4. The summed E-state index contributed by atoms with van der Waals surface area (Å²) >= 11 is 0. The van der Waals surface area contributed by atoms with Gasteiger partial charge in [0, 0.05) is 48.2 Å². The summed E-state index contributed by atoms with van der Waals surface area (Å²) in [5, 5.41) is 11.7. The van der Waals surface area contributed by atoms with E-state index < -0.39 is 30.9 Å². The molecule has 0 saturated heterocycles. The van der Waals surface area contributed by atoms with Gasteiger partial charge in [-0.1, -0.05) is 0 Å². The van der Waals surface area contributed by atoms with Gasteiger partial charge in [0.2, 0.25) is 5.88 Å². The van der Waals surface area contributed by atoms with Gasteiger partial charge in [-0.05, 0) is 31.5 Å². The molecule has 0 spiro atoms. The van der Waals surface area contributed by atoms with E-state index in [0.717, 1.165) is 0 Å². The normalized spacial score (nSPS) is 14.4. The fraction of sp³-hybridized carbons (Fsp3) is 0.429. The number of aliphatic hydroxyl groups excluding tert-OH is 1. The highest BCUT2D eigenvalue weighted by Crippen LogP contribution is 2.28. The number of hydrogen-bond donors (Lipinski definition) is 2. The smallest absolute Gasteiger partial charge is 0.340 e. The fourth-order valence-corrected chi connectivity index (χ4v) is 3.25. The summed E-state index contributed by atoms with van der Waals surface area (Å²) in [5.74, 6) is -5.35. The molecule has 1 aliphatic rings. The van der Waals surface area contributed by atoms with Gasteiger partial charge >= 0.3 is 12.3 Å². The highest BCUT2D eigenvalue weighted by molar-refractivity contribution is 6.03. The number of nitrogens with one attached hydrogen (secondary N) is 1. The van der Waals surface area contributed by atoms with Crippen molar-refractivity contribution in [3.8, 4) is 5.88 Å². The lowest BCUT2D eigenvalue weighted by Gasteiger charge is -2.18. The van der Waals surface area contributed by atoms with E-state index >= 15 is 0 Å². The zero-order chi connectivity index (χ0) is 24.3. The molecule has 3 heterocycles. The summed E-state index contributed by atoms with van der Waals surface area (Å²) in [6.07, 6.45) is -1.20. The topological polar surface area (TPSA) is 105 Å². The van der Waals surface area contributed by atoms with Crippen LogP contribution in [-0.4, -0.2) is 63.4 Å². The number of halogens is 4. The maximum Gasteiger partial charge on any atom is 0.340 e. The molecule has 1 unspecified atom stereocenters. The number of pyridine rings is 2. The van der Waals surface area contributed by atoms with E-state index in [1.54, 1.807) is 13.0 Å². The zero-order valence-corrected chi connectivity index (χ0v) is 17.8. The summed E-state index contributed by atoms with van der Waals surface area (Å²) in [5.41, 5.74) is 1.74. The second-order valence-electron chi connectivity index (χ2n) is 7.72. The average molecular weight is 470 g/mol. The number of rotatable bonds is 9. The first-order valence-corrected chi connectivity index (χ1v) is 9.96. The molecule has 0 bridgehead atoms. The SMILES string of the molecule is Cc1cc(CN2Cc3c(ccnc3C(=O)NC(C)CO)C2=O)cnc1OCC(F)(F)C(F)F. The molecule has 8 nitrogen and oxygen atoms in total. The van der Waals surface area contributed by atoms with Gasteiger partial charge in [-0.15, -0.1) is 0 Å². The molecule has 1 atom stereocenters. The highest BCUT2D eigenvalue weighted by atomic mass is 19.3. The van der Waals surface area contributed by atoms with Crippen molar-refractivity contribution >= 4 is 11.8 Å². The Kier molecular flexibility index (Phi) is 7.15. The minimum atomic E-state index is -4.30. The minimum absolute atomic E-state index is 0.0849. The Labute approximate surface area is 186 Å². The van der Waals surface area contributed by atoms with E-state index in [1.807, 2.05) is 0 Å². The van der Waals surface area contributed by atoms with Crippen LogP contribution in [0.5, 0.6) is 5.88 Å². The van der Waals surface area contributed by atoms with Crippen molar-refractivity contribution in [2.24, 2.45) is 0 Å². The number of nitrogens with zero attached hydrogens (tertiary/aromatic N) is 3. The molecule has 2 amide bonds. The number of aryl methyl sites for hydroxylation is 1. The van der Waals surface area contributed by atoms with Gasteiger partial charge in [-0.2, -0.15) is 8.78 Å². The summed E-state index contributed by atoms with van der Waals surface area (Å²) < 4.78 is 55.5. The Morgan fingerprint density at radius 2 is 2.09 bits per heavy atom. The molecular weight excluding hydrogens is 448 g/mol. The quantitative estimate of drug-likeness (QED) is 0.546. The van der Waals surface area contributed by atoms with Crippen molar-refractivity contribution in [3.05, 3.63) is 52.5 Å². The summed E-state index contributed by atoms with van der Waals surface area (Å²) in [4.78, 5) is 34.7. The number of aromatic nitrogens is 2. The van der Waals surface area contributed by atoms with Crippen LogP contribution in [0.4, 0.5) is 17.6 Å². The van der Waals surface area contributed by atoms with Crippen LogP contribution in [0.15, 0.2) is 24.5 Å². The van der Waals surface area contributed by atoms with Crippen LogP contribution in [-0.2, 0) is 13.1 Å². The average Bonchev–Trinajstić information content (AvgIpc) is 3.08. The Balaban J connectivity index is 1.71. The Morgan fingerprint density at radius 3 is 2.73 bits per heavy atom. The molecule has 33 heavy (non-hydrogen) atoms. The number of amides is 2. The second-order valence-corrected chi connectivity index (χ2v) is 7.72. The first-order valence-electron chi connectivity index (χ1n) is 9.96. The van der Waals surface area contributed by atoms with Crippen molar-refractivity contribution in [1.29, 1.82) is 0 Å². The van der Waals surface area contributed by atoms with Crippen LogP contribution in [0.2, 0.25) is 0 Å². The number of aliphatic hydroxyl groups is 1. The van der Waals surface area contributed by atoms with Crippen molar-refractivity contribution in [2.45, 2.75) is 45.3 Å². The molecule has 1 aliphatic heterocycles. The zero-order valence-electron chi connectivity index (χ0n) is 17.8. The van der Waals surface area contributed by atoms with Crippen LogP contribution >= 0.6 is 0 Å². The van der Waals surface area contributed by atoms with Crippen LogP contribution in [0.25, 0.3) is 0 Å². The standard InChI is InChI=1S/C21H22F4N4O4/c1-11-5-13(6-27-18(11)33-10-21(24,25)20(22)23)7-29-8-15-14(19(29)32)3-4-26-16(15)17(31)28-12(2)9-30/h3-6,12,20,30H,7-10H2,1-2H3,(H,28,31). The molecular formula is C21H22F4N4O4. The number of carbonyl (C=O) groups is 2. The molecule has 0 radical (unpaired) electrons. The second kappa shape index (κ2) is 9.69. The maximum absolute atomic E-state index is 13.1.